The molecule has 1 rings (SSSR count). The van der Waals surface area contributed by atoms with E-state index in [1.54, 1.807) is 0 Å². The molecule has 1 heteroatoms. The Morgan fingerprint density at radius 1 is 1.08 bits per heavy atom. The van der Waals surface area contributed by atoms with Gasteiger partial charge in [0.05, 0.1) is 5.69 Å². The highest BCUT2D eigenvalue weighted by atomic mass is 14.5. The molecule has 1 N–H and O–H groups in total. The second kappa shape index (κ2) is 4.81. The third-order valence-corrected chi connectivity index (χ3v) is 2.02. The van der Waals surface area contributed by atoms with Crippen LogP contribution in [0.4, 0.5) is 5.69 Å². The minimum Gasteiger partial charge on any atom is -0.301 e. The van der Waals surface area contributed by atoms with Crippen molar-refractivity contribution in [1.82, 2.24) is 5.73 Å². The number of hydrogen-bond donors (Lipinski definition) is 0. The van der Waals surface area contributed by atoms with Crippen molar-refractivity contribution < 1.29 is 0 Å². The Labute approximate surface area is 74.6 Å². The molecule has 1 nitrogen and oxygen atoms in total. The van der Waals surface area contributed by atoms with Gasteiger partial charge < -0.3 is 5.73 Å². The summed E-state index contributed by atoms with van der Waals surface area (Å²) in [6.07, 6.45) is 5.02. The van der Waals surface area contributed by atoms with Crippen LogP contribution in [-0.2, 0) is 6.42 Å². The van der Waals surface area contributed by atoms with Crippen molar-refractivity contribution in [2.75, 3.05) is 0 Å². The van der Waals surface area contributed by atoms with E-state index in [1.807, 2.05) is 12.1 Å². The zero-order valence-corrected chi connectivity index (χ0v) is 7.64. The third kappa shape index (κ3) is 2.95. The van der Waals surface area contributed by atoms with Crippen LogP contribution in [0.3, 0.4) is 0 Å². The van der Waals surface area contributed by atoms with Crippen LogP contribution in [0.25, 0.3) is 0 Å². The predicted octanol–water partition coefficient (Wildman–Crippen LogP) is 3.33. The first kappa shape index (κ1) is 9.11. The molecule has 65 valence electrons. The molecule has 0 heterocycles. The van der Waals surface area contributed by atoms with E-state index in [0.29, 0.717) is 5.69 Å². The third-order valence-electron chi connectivity index (χ3n) is 2.02. The minimum atomic E-state index is 0.606. The Morgan fingerprint density at radius 3 is 2.33 bits per heavy atom. The van der Waals surface area contributed by atoms with Gasteiger partial charge in [-0.05, 0) is 30.5 Å². The van der Waals surface area contributed by atoms with Gasteiger partial charge in [0, 0.05) is 0 Å². The lowest BCUT2D eigenvalue weighted by molar-refractivity contribution is 0.717. The van der Waals surface area contributed by atoms with Crippen LogP contribution >= 0.6 is 0 Å². The SMILES string of the molecule is CCCCCc1ccc([NH])cc1. The lowest BCUT2D eigenvalue weighted by Crippen LogP contribution is -1.84. The van der Waals surface area contributed by atoms with Crippen molar-refractivity contribution >= 4 is 5.69 Å². The monoisotopic (exact) mass is 162 g/mol. The second-order valence-electron chi connectivity index (χ2n) is 3.15. The molecule has 1 aromatic carbocycles. The average molecular weight is 162 g/mol. The van der Waals surface area contributed by atoms with Crippen LogP contribution in [0.5, 0.6) is 0 Å². The maximum Gasteiger partial charge on any atom is 0.0540 e. The molecule has 1 aromatic rings. The molecular weight excluding hydrogens is 146 g/mol. The van der Waals surface area contributed by atoms with Crippen LogP contribution < -0.4 is 5.73 Å². The lowest BCUT2D eigenvalue weighted by atomic mass is 10.1. The quantitative estimate of drug-likeness (QED) is 0.606. The van der Waals surface area contributed by atoms with Crippen molar-refractivity contribution in [3.8, 4) is 0 Å². The largest absolute Gasteiger partial charge is 0.301 e. The van der Waals surface area contributed by atoms with Crippen LogP contribution in [-0.4, -0.2) is 0 Å². The number of rotatable bonds is 4. The van der Waals surface area contributed by atoms with E-state index in [9.17, 15) is 0 Å². The van der Waals surface area contributed by atoms with E-state index >= 15 is 0 Å². The van der Waals surface area contributed by atoms with E-state index in [4.69, 9.17) is 5.73 Å². The lowest BCUT2D eigenvalue weighted by Gasteiger charge is -1.99. The van der Waals surface area contributed by atoms with E-state index in [0.717, 1.165) is 6.42 Å². The Kier molecular flexibility index (Phi) is 3.65. The maximum atomic E-state index is 7.30. The summed E-state index contributed by atoms with van der Waals surface area (Å²) >= 11 is 0. The summed E-state index contributed by atoms with van der Waals surface area (Å²) < 4.78 is 0. The molecule has 0 saturated heterocycles. The zero-order valence-electron chi connectivity index (χ0n) is 7.64. The first-order valence-corrected chi connectivity index (χ1v) is 4.63. The molecule has 12 heavy (non-hydrogen) atoms. The van der Waals surface area contributed by atoms with Gasteiger partial charge in [0.2, 0.25) is 0 Å². The number of unbranched alkanes of at least 4 members (excludes halogenated alkanes) is 2. The van der Waals surface area contributed by atoms with Crippen LogP contribution in [0, 0.1) is 0 Å². The van der Waals surface area contributed by atoms with Crippen molar-refractivity contribution in [3.05, 3.63) is 29.8 Å². The standard InChI is InChI=1S/C11H16N/c1-2-3-4-5-10-6-8-11(12)9-7-10/h6-9,12H,2-5H2,1H3. The number of benzene rings is 1. The molecule has 0 unspecified atom stereocenters. The van der Waals surface area contributed by atoms with E-state index in [1.165, 1.54) is 24.8 Å². The summed E-state index contributed by atoms with van der Waals surface area (Å²) in [5, 5.41) is 0. The van der Waals surface area contributed by atoms with Crippen molar-refractivity contribution in [1.29, 1.82) is 0 Å². The molecule has 0 aliphatic carbocycles. The molecular formula is C11H16N. The zero-order chi connectivity index (χ0) is 8.81. The molecule has 1 radical (unpaired) electrons. The van der Waals surface area contributed by atoms with Gasteiger partial charge in [-0.15, -0.1) is 0 Å². The smallest absolute Gasteiger partial charge is 0.0540 e. The summed E-state index contributed by atoms with van der Waals surface area (Å²) in [5.41, 5.74) is 9.27. The highest BCUT2D eigenvalue weighted by molar-refractivity contribution is 5.35. The van der Waals surface area contributed by atoms with Gasteiger partial charge in [-0.2, -0.15) is 0 Å². The predicted molar refractivity (Wildman–Crippen MR) is 52.4 cm³/mol. The van der Waals surface area contributed by atoms with Crippen molar-refractivity contribution in [2.45, 2.75) is 32.6 Å². The maximum absolute atomic E-state index is 7.30. The second-order valence-corrected chi connectivity index (χ2v) is 3.15. The molecule has 0 bridgehead atoms. The van der Waals surface area contributed by atoms with Gasteiger partial charge in [-0.1, -0.05) is 31.9 Å². The molecule has 0 aliphatic heterocycles. The normalized spacial score (nSPS) is 10.1. The first-order chi connectivity index (χ1) is 5.83. The Bertz CT molecular complexity index is 213. The van der Waals surface area contributed by atoms with Crippen molar-refractivity contribution in [2.24, 2.45) is 0 Å². The van der Waals surface area contributed by atoms with Gasteiger partial charge in [0.1, 0.15) is 0 Å². The molecule has 0 fully saturated rings. The fraction of sp³-hybridized carbons (Fsp3) is 0.455. The van der Waals surface area contributed by atoms with Gasteiger partial charge >= 0.3 is 0 Å². The number of nitrogens with one attached hydrogen (secondary N) is 1. The molecule has 0 aliphatic rings. The summed E-state index contributed by atoms with van der Waals surface area (Å²) in [5.74, 6) is 0. The van der Waals surface area contributed by atoms with Gasteiger partial charge in [-0.25, -0.2) is 0 Å². The summed E-state index contributed by atoms with van der Waals surface area (Å²) in [4.78, 5) is 0. The summed E-state index contributed by atoms with van der Waals surface area (Å²) in [6, 6.07) is 7.83. The van der Waals surface area contributed by atoms with E-state index in [-0.39, 0.29) is 0 Å². The Morgan fingerprint density at radius 2 is 1.75 bits per heavy atom. The summed E-state index contributed by atoms with van der Waals surface area (Å²) in [7, 11) is 0. The van der Waals surface area contributed by atoms with Crippen LogP contribution in [0.1, 0.15) is 31.7 Å². The minimum absolute atomic E-state index is 0.606. The molecule has 0 saturated carbocycles. The Hall–Kier alpha value is -0.980. The highest BCUT2D eigenvalue weighted by Crippen LogP contribution is 2.10. The summed E-state index contributed by atoms with van der Waals surface area (Å²) in [6.45, 7) is 2.22. The average Bonchev–Trinajstić information content (AvgIpc) is 2.09. The Balaban J connectivity index is 2.37. The topological polar surface area (TPSA) is 23.8 Å². The van der Waals surface area contributed by atoms with Gasteiger partial charge in [0.25, 0.3) is 0 Å². The first-order valence-electron chi connectivity index (χ1n) is 4.63. The molecule has 0 amide bonds. The van der Waals surface area contributed by atoms with E-state index < -0.39 is 0 Å². The molecule has 0 aromatic heterocycles. The highest BCUT2D eigenvalue weighted by Gasteiger charge is 1.91. The van der Waals surface area contributed by atoms with Gasteiger partial charge in [-0.3, -0.25) is 0 Å². The van der Waals surface area contributed by atoms with Crippen molar-refractivity contribution in [3.63, 3.8) is 0 Å². The fourth-order valence-corrected chi connectivity index (χ4v) is 1.25. The number of aryl methyl sites for hydroxylation is 1. The van der Waals surface area contributed by atoms with Crippen LogP contribution in [0.15, 0.2) is 24.3 Å². The van der Waals surface area contributed by atoms with Crippen LogP contribution in [0.2, 0.25) is 0 Å². The van der Waals surface area contributed by atoms with E-state index in [2.05, 4.69) is 19.1 Å². The fourth-order valence-electron chi connectivity index (χ4n) is 1.25. The number of hydrogen-bond acceptors (Lipinski definition) is 0. The molecule has 0 atom stereocenters. The molecule has 0 spiro atoms. The van der Waals surface area contributed by atoms with Gasteiger partial charge in [0.15, 0.2) is 0 Å².